The Bertz CT molecular complexity index is 1210. The molecule has 2 aromatic rings. The zero-order chi connectivity index (χ0) is 25.4. The van der Waals surface area contributed by atoms with E-state index < -0.39 is 34.5 Å². The molecule has 0 aromatic heterocycles. The number of nitrogens with one attached hydrogen (secondary N) is 3. The van der Waals surface area contributed by atoms with Crippen LogP contribution in [0.5, 0.6) is 11.5 Å². The lowest BCUT2D eigenvalue weighted by Gasteiger charge is -2.11. The monoisotopic (exact) mass is 505 g/mol. The van der Waals surface area contributed by atoms with Gasteiger partial charge in [0.2, 0.25) is 10.0 Å². The molecule has 3 N–H and O–H groups in total. The molecule has 1 aliphatic heterocycles. The summed E-state index contributed by atoms with van der Waals surface area (Å²) in [5.74, 6) is -0.840. The average molecular weight is 506 g/mol. The van der Waals surface area contributed by atoms with Crippen molar-refractivity contribution < 1.29 is 37.0 Å². The second-order valence-electron chi connectivity index (χ2n) is 7.79. The fourth-order valence-corrected chi connectivity index (χ4v) is 4.22. The number of urea groups is 1. The summed E-state index contributed by atoms with van der Waals surface area (Å²) in [5.41, 5.74) is 2.40. The van der Waals surface area contributed by atoms with Gasteiger partial charge in [0, 0.05) is 24.7 Å². The number of carbonyl (C=O) groups is 3. The molecule has 2 aromatic carbocycles. The molecule has 0 atom stereocenters. The van der Waals surface area contributed by atoms with E-state index >= 15 is 0 Å². The Balaban J connectivity index is 1.40. The van der Waals surface area contributed by atoms with Gasteiger partial charge in [-0.15, -0.1) is 0 Å². The molecule has 188 valence electrons. The predicted molar refractivity (Wildman–Crippen MR) is 126 cm³/mol. The molecule has 0 saturated heterocycles. The van der Waals surface area contributed by atoms with Gasteiger partial charge in [-0.2, -0.15) is 0 Å². The zero-order valence-electron chi connectivity index (χ0n) is 19.4. The Hall–Kier alpha value is -3.64. The first-order chi connectivity index (χ1) is 16.6. The van der Waals surface area contributed by atoms with Crippen LogP contribution < -0.4 is 24.8 Å². The van der Waals surface area contributed by atoms with E-state index in [2.05, 4.69) is 15.4 Å². The van der Waals surface area contributed by atoms with Crippen molar-refractivity contribution in [2.24, 2.45) is 0 Å². The number of hydrogen-bond acceptors (Lipinski definition) is 8. The van der Waals surface area contributed by atoms with E-state index in [1.807, 2.05) is 26.0 Å². The van der Waals surface area contributed by atoms with Gasteiger partial charge in [-0.25, -0.2) is 17.9 Å². The summed E-state index contributed by atoms with van der Waals surface area (Å²) in [6, 6.07) is 8.88. The van der Waals surface area contributed by atoms with E-state index in [0.717, 1.165) is 11.1 Å². The maximum atomic E-state index is 12.5. The van der Waals surface area contributed by atoms with Crippen LogP contribution >= 0.6 is 0 Å². The van der Waals surface area contributed by atoms with Gasteiger partial charge in [0.1, 0.15) is 0 Å². The fraction of sp³-hybridized carbons (Fsp3) is 0.348. The van der Waals surface area contributed by atoms with Gasteiger partial charge in [-0.05, 0) is 37.6 Å². The third-order valence-electron chi connectivity index (χ3n) is 4.90. The number of imide groups is 1. The molecule has 0 bridgehead atoms. The first-order valence-electron chi connectivity index (χ1n) is 10.9. The minimum Gasteiger partial charge on any atom is -0.490 e. The lowest BCUT2D eigenvalue weighted by atomic mass is 10.1. The van der Waals surface area contributed by atoms with Crippen LogP contribution in [-0.4, -0.2) is 52.7 Å². The van der Waals surface area contributed by atoms with Gasteiger partial charge in [0.25, 0.3) is 5.91 Å². The van der Waals surface area contributed by atoms with Crippen molar-refractivity contribution in [1.82, 2.24) is 10.0 Å². The van der Waals surface area contributed by atoms with Crippen LogP contribution in [0, 0.1) is 13.8 Å². The maximum Gasteiger partial charge on any atom is 0.325 e. The van der Waals surface area contributed by atoms with Gasteiger partial charge in [-0.3, -0.25) is 14.9 Å². The highest BCUT2D eigenvalue weighted by Crippen LogP contribution is 2.31. The second-order valence-corrected chi connectivity index (χ2v) is 9.56. The Kier molecular flexibility index (Phi) is 8.66. The van der Waals surface area contributed by atoms with E-state index in [4.69, 9.17) is 14.2 Å². The third kappa shape index (κ3) is 7.69. The second kappa shape index (κ2) is 11.7. The number of amides is 3. The molecule has 0 fully saturated rings. The largest absolute Gasteiger partial charge is 0.490 e. The molecule has 35 heavy (non-hydrogen) atoms. The zero-order valence-corrected chi connectivity index (χ0v) is 20.2. The molecule has 0 unspecified atom stereocenters. The molecule has 1 aliphatic rings. The number of hydrogen-bond donors (Lipinski definition) is 3. The van der Waals surface area contributed by atoms with E-state index in [1.165, 1.54) is 18.2 Å². The summed E-state index contributed by atoms with van der Waals surface area (Å²) in [6.07, 6.45) is 0.373. The smallest absolute Gasteiger partial charge is 0.325 e. The summed E-state index contributed by atoms with van der Waals surface area (Å²) < 4.78 is 43.1. The first kappa shape index (κ1) is 26.0. The number of aryl methyl sites for hydroxylation is 2. The maximum absolute atomic E-state index is 12.5. The Morgan fingerprint density at radius 2 is 1.74 bits per heavy atom. The van der Waals surface area contributed by atoms with Crippen molar-refractivity contribution in [3.8, 4) is 11.5 Å². The number of benzene rings is 2. The lowest BCUT2D eigenvalue weighted by molar-refractivity contribution is -0.148. The molecule has 0 saturated carbocycles. The van der Waals surface area contributed by atoms with Crippen LogP contribution in [0.3, 0.4) is 0 Å². The molecular weight excluding hydrogens is 478 g/mol. The molecule has 3 amide bonds. The van der Waals surface area contributed by atoms with Crippen molar-refractivity contribution >= 4 is 33.6 Å². The highest BCUT2D eigenvalue weighted by Gasteiger charge is 2.19. The van der Waals surface area contributed by atoms with Gasteiger partial charge in [0.15, 0.2) is 18.1 Å². The van der Waals surface area contributed by atoms with Crippen LogP contribution in [-0.2, 0) is 24.3 Å². The summed E-state index contributed by atoms with van der Waals surface area (Å²) in [7, 11) is -3.91. The van der Waals surface area contributed by atoms with Gasteiger partial charge >= 0.3 is 12.0 Å². The molecule has 1 heterocycles. The normalized spacial score (nSPS) is 12.9. The van der Waals surface area contributed by atoms with Crippen molar-refractivity contribution in [3.63, 3.8) is 0 Å². The van der Waals surface area contributed by atoms with Crippen molar-refractivity contribution in [3.05, 3.63) is 47.5 Å². The van der Waals surface area contributed by atoms with Crippen LogP contribution in [0.1, 0.15) is 24.0 Å². The van der Waals surface area contributed by atoms with Crippen LogP contribution in [0.4, 0.5) is 10.5 Å². The molecule has 12 heteroatoms. The number of anilines is 1. The first-order valence-corrected chi connectivity index (χ1v) is 12.4. The van der Waals surface area contributed by atoms with Crippen molar-refractivity contribution in [2.75, 3.05) is 31.7 Å². The number of ether oxygens (including phenoxy) is 3. The van der Waals surface area contributed by atoms with Crippen molar-refractivity contribution in [1.29, 1.82) is 0 Å². The molecule has 11 nitrogen and oxygen atoms in total. The SMILES string of the molecule is Cc1ccc(NC(=O)NC(=O)COC(=O)CCNS(=O)(=O)c2ccc3c(c2)OCCCO3)c(C)c1. The third-order valence-corrected chi connectivity index (χ3v) is 6.36. The summed E-state index contributed by atoms with van der Waals surface area (Å²) in [6.45, 7) is 3.69. The summed E-state index contributed by atoms with van der Waals surface area (Å²) >= 11 is 0. The topological polar surface area (TPSA) is 149 Å². The lowest BCUT2D eigenvalue weighted by Crippen LogP contribution is -2.37. The highest BCUT2D eigenvalue weighted by atomic mass is 32.2. The minimum atomic E-state index is -3.91. The Morgan fingerprint density at radius 1 is 1.00 bits per heavy atom. The highest BCUT2D eigenvalue weighted by molar-refractivity contribution is 7.89. The van der Waals surface area contributed by atoms with E-state index in [0.29, 0.717) is 36.8 Å². The molecule has 0 spiro atoms. The van der Waals surface area contributed by atoms with Gasteiger partial charge in [0.05, 0.1) is 24.5 Å². The number of esters is 1. The van der Waals surface area contributed by atoms with Crippen LogP contribution in [0.25, 0.3) is 0 Å². The van der Waals surface area contributed by atoms with E-state index in [1.54, 1.807) is 6.07 Å². The molecule has 3 rings (SSSR count). The van der Waals surface area contributed by atoms with Crippen molar-refractivity contribution in [2.45, 2.75) is 31.6 Å². The Morgan fingerprint density at radius 3 is 2.49 bits per heavy atom. The Labute approximate surface area is 203 Å². The molecular formula is C23H27N3O8S. The van der Waals surface area contributed by atoms with Gasteiger partial charge in [-0.1, -0.05) is 17.7 Å². The quantitative estimate of drug-likeness (QED) is 0.462. The standard InChI is InChI=1S/C23H27N3O8S/c1-15-4-6-18(16(2)12-15)25-23(29)26-21(27)14-34-22(28)8-9-24-35(30,31)17-5-7-19-20(13-17)33-11-3-10-32-19/h4-7,12-13,24H,3,8-11,14H2,1-2H3,(H2,25,26,27,29). The summed E-state index contributed by atoms with van der Waals surface area (Å²) in [5, 5.41) is 4.60. The van der Waals surface area contributed by atoms with Crippen LogP contribution in [0.2, 0.25) is 0 Å². The van der Waals surface area contributed by atoms with Gasteiger partial charge < -0.3 is 19.5 Å². The summed E-state index contributed by atoms with van der Waals surface area (Å²) in [4.78, 5) is 35.7. The fourth-order valence-electron chi connectivity index (χ4n) is 3.17. The number of fused-ring (bicyclic) bond motifs is 1. The molecule has 0 aliphatic carbocycles. The van der Waals surface area contributed by atoms with E-state index in [-0.39, 0.29) is 17.9 Å². The average Bonchev–Trinajstić information content (AvgIpc) is 3.04. The van der Waals surface area contributed by atoms with E-state index in [9.17, 15) is 22.8 Å². The molecule has 0 radical (unpaired) electrons. The number of carbonyl (C=O) groups excluding carboxylic acids is 3. The van der Waals surface area contributed by atoms with Crippen LogP contribution in [0.15, 0.2) is 41.3 Å². The minimum absolute atomic E-state index is 0.0377. The number of sulfonamides is 1. The number of rotatable bonds is 8. The predicted octanol–water partition coefficient (Wildman–Crippen LogP) is 2.02.